The number of aromatic nitrogens is 4. The number of hydrogen-bond acceptors (Lipinski definition) is 20. The highest BCUT2D eigenvalue weighted by Gasteiger charge is 2.50. The van der Waals surface area contributed by atoms with Crippen molar-refractivity contribution in [1.29, 1.82) is 0 Å². The van der Waals surface area contributed by atoms with E-state index in [1.165, 1.54) is 26.0 Å². The maximum atomic E-state index is 12.7. The van der Waals surface area contributed by atoms with Crippen LogP contribution in [0.4, 0.5) is 5.82 Å². The van der Waals surface area contributed by atoms with Gasteiger partial charge in [-0.05, 0) is 24.1 Å². The minimum Gasteiger partial charge on any atom is -0.504 e. The van der Waals surface area contributed by atoms with Gasteiger partial charge in [-0.25, -0.2) is 28.6 Å². The Kier molecular flexibility index (Phi) is 16.8. The van der Waals surface area contributed by atoms with E-state index < -0.39 is 84.6 Å². The molecule has 2 unspecified atom stereocenters. The molecule has 26 nitrogen and oxygen atoms in total. The number of aromatic hydroxyl groups is 2. The Morgan fingerprint density at radius 3 is 2.38 bits per heavy atom. The molecule has 0 bridgehead atoms. The van der Waals surface area contributed by atoms with Gasteiger partial charge < -0.3 is 61.1 Å². The standard InChI is InChI=1S/C30H44N7O19P3S/c1-30(2,25(43)28(44)33-8-7-20(40)32-9-10-60-21(41)6-4-16-3-5-17(38)18(39)11-16)13-53-59(50,51)56-58(48,49)52-12-19-24(55-57(45,46)47)23(42)29(54-19)37-15-36-22-26(31)34-14-35-27(22)37/h3,5,11,14-15,19,23-25,29,38-39,42-43H,4,6-10,12-13H2,1-2H3,(H,32,40)(H,33,44)(H,48,49)(H,50,51)(H2,31,34,35)(H2,45,46,47)/t19-,23-,24-,25+,29-/m0/s1. The van der Waals surface area contributed by atoms with Crippen LogP contribution in [0.2, 0.25) is 0 Å². The number of ether oxygens (including phenoxy) is 1. The fourth-order valence-corrected chi connectivity index (χ4v) is 8.85. The summed E-state index contributed by atoms with van der Waals surface area (Å²) < 4.78 is 62.1. The van der Waals surface area contributed by atoms with Crippen LogP contribution >= 0.6 is 35.2 Å². The van der Waals surface area contributed by atoms with Crippen LogP contribution in [0.1, 0.15) is 38.5 Å². The van der Waals surface area contributed by atoms with Crippen molar-refractivity contribution in [2.45, 2.75) is 63.8 Å². The number of imidazole rings is 1. The van der Waals surface area contributed by atoms with Crippen molar-refractivity contribution >= 4 is 69.1 Å². The van der Waals surface area contributed by atoms with E-state index in [0.717, 1.165) is 29.0 Å². The van der Waals surface area contributed by atoms with Crippen LogP contribution in [0.3, 0.4) is 0 Å². The lowest BCUT2D eigenvalue weighted by molar-refractivity contribution is -0.137. The van der Waals surface area contributed by atoms with Gasteiger partial charge in [-0.3, -0.25) is 32.5 Å². The van der Waals surface area contributed by atoms with Gasteiger partial charge in [-0.15, -0.1) is 0 Å². The highest BCUT2D eigenvalue weighted by molar-refractivity contribution is 8.13. The third-order valence-electron chi connectivity index (χ3n) is 8.42. The van der Waals surface area contributed by atoms with E-state index in [0.29, 0.717) is 12.0 Å². The Hall–Kier alpha value is -3.62. The Morgan fingerprint density at radius 2 is 1.70 bits per heavy atom. The monoisotopic (exact) mass is 931 g/mol. The Balaban J connectivity index is 1.19. The first kappa shape index (κ1) is 49.0. The second-order valence-electron chi connectivity index (χ2n) is 13.6. The lowest BCUT2D eigenvalue weighted by Gasteiger charge is -2.30. The molecule has 30 heteroatoms. The number of nitrogen functional groups attached to an aromatic ring is 1. The minimum atomic E-state index is -5.59. The van der Waals surface area contributed by atoms with E-state index >= 15 is 0 Å². The summed E-state index contributed by atoms with van der Waals surface area (Å²) in [4.78, 5) is 87.9. The van der Waals surface area contributed by atoms with Crippen molar-refractivity contribution in [2.24, 2.45) is 5.41 Å². The number of hydrogen-bond donors (Lipinski definition) is 11. The fraction of sp³-hybridized carbons (Fsp3) is 0.533. The minimum absolute atomic E-state index is 0.0215. The Bertz CT molecular complexity index is 2160. The van der Waals surface area contributed by atoms with Gasteiger partial charge >= 0.3 is 23.5 Å². The van der Waals surface area contributed by atoms with Gasteiger partial charge in [0.2, 0.25) is 11.8 Å². The summed E-state index contributed by atoms with van der Waals surface area (Å²) in [6.45, 7) is 0.307. The molecule has 0 spiro atoms. The average Bonchev–Trinajstić information content (AvgIpc) is 3.71. The van der Waals surface area contributed by atoms with Crippen molar-refractivity contribution < 1.29 is 90.7 Å². The van der Waals surface area contributed by atoms with E-state index in [2.05, 4.69) is 34.4 Å². The number of nitrogens with two attached hydrogens (primary N) is 1. The van der Waals surface area contributed by atoms with Gasteiger partial charge in [0.05, 0.1) is 19.5 Å². The van der Waals surface area contributed by atoms with Gasteiger partial charge in [0.15, 0.2) is 34.3 Å². The molecule has 4 rings (SSSR count). The molecule has 2 amide bonds. The first-order valence-corrected chi connectivity index (χ1v) is 22.9. The maximum absolute atomic E-state index is 12.7. The Morgan fingerprint density at radius 1 is 1.00 bits per heavy atom. The summed E-state index contributed by atoms with van der Waals surface area (Å²) in [7, 11) is -16.4. The largest absolute Gasteiger partial charge is 0.504 e. The number of aryl methyl sites for hydroxylation is 1. The number of benzene rings is 1. The number of phosphoric acid groups is 3. The summed E-state index contributed by atoms with van der Waals surface area (Å²) in [5, 5.41) is 45.1. The van der Waals surface area contributed by atoms with Crippen LogP contribution in [0.5, 0.6) is 11.5 Å². The molecule has 0 aliphatic carbocycles. The van der Waals surface area contributed by atoms with Crippen molar-refractivity contribution in [3.05, 3.63) is 36.4 Å². The van der Waals surface area contributed by atoms with Crippen LogP contribution in [0.15, 0.2) is 30.9 Å². The lowest BCUT2D eigenvalue weighted by Crippen LogP contribution is -2.46. The fourth-order valence-electron chi connectivity index (χ4n) is 5.34. The normalized spacial score (nSPS) is 20.9. The molecule has 334 valence electrons. The average molecular weight is 932 g/mol. The first-order valence-electron chi connectivity index (χ1n) is 17.4. The summed E-state index contributed by atoms with van der Waals surface area (Å²) in [6.07, 6.45) is -6.56. The number of aliphatic hydroxyl groups excluding tert-OH is 2. The number of amides is 2. The number of aliphatic hydroxyl groups is 2. The zero-order chi connectivity index (χ0) is 44.6. The third-order valence-corrected chi connectivity index (χ3v) is 12.5. The molecule has 3 heterocycles. The predicted octanol–water partition coefficient (Wildman–Crippen LogP) is -0.291. The van der Waals surface area contributed by atoms with E-state index in [1.54, 1.807) is 6.07 Å². The number of anilines is 1. The van der Waals surface area contributed by atoms with E-state index in [1.807, 2.05) is 0 Å². The Labute approximate surface area is 344 Å². The number of rotatable bonds is 22. The number of carbonyl (C=O) groups is 3. The first-order chi connectivity index (χ1) is 27.9. The second-order valence-corrected chi connectivity index (χ2v) is 19.0. The molecule has 60 heavy (non-hydrogen) atoms. The van der Waals surface area contributed by atoms with Gasteiger partial charge in [0.1, 0.15) is 36.3 Å². The number of nitrogens with zero attached hydrogens (tertiary/aromatic N) is 4. The summed E-state index contributed by atoms with van der Waals surface area (Å²) in [5.74, 6) is -1.85. The summed E-state index contributed by atoms with van der Waals surface area (Å²) in [6, 6.07) is 4.25. The number of thioether (sulfide) groups is 1. The molecule has 1 aliphatic heterocycles. The molecule has 2 aromatic heterocycles. The molecular formula is C30H44N7O19P3S. The van der Waals surface area contributed by atoms with Crippen LogP contribution < -0.4 is 16.4 Å². The van der Waals surface area contributed by atoms with Crippen LogP contribution in [-0.2, 0) is 57.1 Å². The molecule has 1 aromatic carbocycles. The molecule has 1 saturated heterocycles. The summed E-state index contributed by atoms with van der Waals surface area (Å²) in [5.41, 5.74) is 4.87. The second kappa shape index (κ2) is 20.5. The lowest BCUT2D eigenvalue weighted by atomic mass is 9.87. The van der Waals surface area contributed by atoms with Crippen molar-refractivity contribution in [3.63, 3.8) is 0 Å². The van der Waals surface area contributed by atoms with Crippen molar-refractivity contribution in [2.75, 3.05) is 37.8 Å². The zero-order valence-electron chi connectivity index (χ0n) is 31.6. The molecule has 3 aromatic rings. The molecule has 0 saturated carbocycles. The van der Waals surface area contributed by atoms with Gasteiger partial charge in [-0.2, -0.15) is 4.31 Å². The van der Waals surface area contributed by atoms with Crippen LogP contribution in [0, 0.1) is 5.41 Å². The SMILES string of the molecule is CC(C)(COP(=O)(O)OP(=O)(O)OC[C@@H]1O[C@H](n2cnc3c(N)ncnc32)[C@@H](O)[C@H]1OP(=O)(O)O)[C@H](O)C(=O)NCCC(=O)NCCSC(=O)CCc1ccc(O)c(O)c1. The molecule has 12 N–H and O–H groups in total. The van der Waals surface area contributed by atoms with Crippen molar-refractivity contribution in [1.82, 2.24) is 30.2 Å². The smallest absolute Gasteiger partial charge is 0.481 e. The number of nitrogens with one attached hydrogen (secondary N) is 2. The highest BCUT2D eigenvalue weighted by atomic mass is 32.2. The quantitative estimate of drug-likeness (QED) is 0.0350. The van der Waals surface area contributed by atoms with Gasteiger partial charge in [-0.1, -0.05) is 31.7 Å². The predicted molar refractivity (Wildman–Crippen MR) is 205 cm³/mol. The van der Waals surface area contributed by atoms with E-state index in [-0.39, 0.29) is 65.3 Å². The zero-order valence-corrected chi connectivity index (χ0v) is 35.1. The highest BCUT2D eigenvalue weighted by Crippen LogP contribution is 2.61. The van der Waals surface area contributed by atoms with Crippen molar-refractivity contribution in [3.8, 4) is 11.5 Å². The number of fused-ring (bicyclic) bond motifs is 1. The van der Waals surface area contributed by atoms with Crippen LogP contribution in [0.25, 0.3) is 11.2 Å². The maximum Gasteiger partial charge on any atom is 0.481 e. The van der Waals surface area contributed by atoms with Gasteiger partial charge in [0, 0.05) is 37.1 Å². The van der Waals surface area contributed by atoms with E-state index in [4.69, 9.17) is 19.5 Å². The number of carbonyl (C=O) groups excluding carboxylic acids is 3. The molecular weight excluding hydrogens is 887 g/mol. The topological polar surface area (TPSA) is 404 Å². The van der Waals surface area contributed by atoms with Crippen LogP contribution in [-0.4, -0.2) is 133 Å². The third kappa shape index (κ3) is 14.2. The molecule has 0 radical (unpaired) electrons. The molecule has 7 atom stereocenters. The molecule has 1 aliphatic rings. The number of phosphoric ester groups is 3. The summed E-state index contributed by atoms with van der Waals surface area (Å²) >= 11 is 0.985. The van der Waals surface area contributed by atoms with E-state index in [9.17, 15) is 68.1 Å². The number of phenolic OH excluding ortho intramolecular Hbond substituents is 2. The van der Waals surface area contributed by atoms with Gasteiger partial charge in [0.25, 0.3) is 0 Å². The molecule has 1 fully saturated rings. The number of phenols is 2.